The molecule has 2 heterocycles. The Morgan fingerprint density at radius 1 is 1.07 bits per heavy atom. The van der Waals surface area contributed by atoms with Crippen LogP contribution in [0.5, 0.6) is 0 Å². The first-order valence-corrected chi connectivity index (χ1v) is 10.8. The third-order valence-electron chi connectivity index (χ3n) is 6.20. The van der Waals surface area contributed by atoms with Crippen molar-refractivity contribution in [3.05, 3.63) is 47.5 Å². The van der Waals surface area contributed by atoms with Gasteiger partial charge in [-0.2, -0.15) is 0 Å². The van der Waals surface area contributed by atoms with Gasteiger partial charge in [-0.05, 0) is 38.2 Å². The van der Waals surface area contributed by atoms with E-state index < -0.39 is 0 Å². The summed E-state index contributed by atoms with van der Waals surface area (Å²) in [5.41, 5.74) is 1.66. The van der Waals surface area contributed by atoms with Crippen molar-refractivity contribution >= 4 is 5.96 Å². The molecule has 150 valence electrons. The molecule has 6 nitrogen and oxygen atoms in total. The van der Waals surface area contributed by atoms with Gasteiger partial charge in [0.05, 0.1) is 0 Å². The lowest BCUT2D eigenvalue weighted by atomic mass is 9.79. The molecule has 0 spiro atoms. The highest BCUT2D eigenvalue weighted by Gasteiger charge is 2.35. The minimum absolute atomic E-state index is 0.214. The highest BCUT2D eigenvalue weighted by atomic mass is 15.3. The van der Waals surface area contributed by atoms with E-state index in [-0.39, 0.29) is 5.41 Å². The number of hydrogen-bond acceptors (Lipinski definition) is 3. The first kappa shape index (κ1) is 19.0. The molecule has 2 aromatic rings. The molecule has 2 aliphatic rings. The predicted octanol–water partition coefficient (Wildman–Crippen LogP) is 3.18. The molecule has 1 fully saturated rings. The van der Waals surface area contributed by atoms with Crippen LogP contribution in [0.1, 0.15) is 62.7 Å². The summed E-state index contributed by atoms with van der Waals surface area (Å²) in [5.74, 6) is 2.96. The standard InChI is InChI=1S/C22H32N6/c1-2-23-21(24-16-20-27-26-19-12-6-9-15-28(19)20)25-17-22(13-7-8-14-22)18-10-4-3-5-11-18/h3-5,10-11H,2,6-9,12-17H2,1H3,(H2,23,24,25). The van der Waals surface area contributed by atoms with Crippen molar-refractivity contribution in [1.82, 2.24) is 25.4 Å². The molecular formula is C22H32N6. The van der Waals surface area contributed by atoms with Crippen molar-refractivity contribution in [3.8, 4) is 0 Å². The molecule has 0 amide bonds. The molecule has 1 aliphatic carbocycles. The Labute approximate surface area is 167 Å². The predicted molar refractivity (Wildman–Crippen MR) is 112 cm³/mol. The first-order chi connectivity index (χ1) is 13.8. The molecule has 0 atom stereocenters. The van der Waals surface area contributed by atoms with Gasteiger partial charge in [-0.3, -0.25) is 0 Å². The quantitative estimate of drug-likeness (QED) is 0.597. The molecule has 4 rings (SSSR count). The zero-order valence-electron chi connectivity index (χ0n) is 17.0. The van der Waals surface area contributed by atoms with E-state index in [1.165, 1.54) is 44.1 Å². The molecule has 1 aromatic heterocycles. The van der Waals surface area contributed by atoms with Crippen LogP contribution in [-0.4, -0.2) is 33.8 Å². The number of rotatable bonds is 6. The molecule has 1 aliphatic heterocycles. The van der Waals surface area contributed by atoms with Crippen LogP contribution >= 0.6 is 0 Å². The number of benzene rings is 1. The number of fused-ring (bicyclic) bond motifs is 1. The van der Waals surface area contributed by atoms with Gasteiger partial charge in [0, 0.05) is 31.5 Å². The number of guanidine groups is 1. The summed E-state index contributed by atoms with van der Waals surface area (Å²) in [6, 6.07) is 11.0. The fourth-order valence-electron chi connectivity index (χ4n) is 4.64. The van der Waals surface area contributed by atoms with E-state index in [0.29, 0.717) is 6.54 Å². The topological polar surface area (TPSA) is 67.1 Å². The minimum atomic E-state index is 0.214. The van der Waals surface area contributed by atoms with E-state index in [1.807, 2.05) is 0 Å². The molecule has 1 aromatic carbocycles. The van der Waals surface area contributed by atoms with Crippen LogP contribution in [0.25, 0.3) is 0 Å². The van der Waals surface area contributed by atoms with Gasteiger partial charge in [-0.25, -0.2) is 4.99 Å². The Hall–Kier alpha value is -2.37. The highest BCUT2D eigenvalue weighted by molar-refractivity contribution is 5.79. The first-order valence-electron chi connectivity index (χ1n) is 10.8. The molecule has 0 radical (unpaired) electrons. The summed E-state index contributed by atoms with van der Waals surface area (Å²) < 4.78 is 2.25. The molecule has 0 unspecified atom stereocenters. The van der Waals surface area contributed by atoms with Gasteiger partial charge in [0.2, 0.25) is 0 Å². The van der Waals surface area contributed by atoms with E-state index in [1.54, 1.807) is 0 Å². The Kier molecular flexibility index (Phi) is 5.93. The highest BCUT2D eigenvalue weighted by Crippen LogP contribution is 2.40. The lowest BCUT2D eigenvalue weighted by molar-refractivity contribution is 0.431. The van der Waals surface area contributed by atoms with E-state index in [9.17, 15) is 0 Å². The third-order valence-corrected chi connectivity index (χ3v) is 6.20. The van der Waals surface area contributed by atoms with Gasteiger partial charge in [0.25, 0.3) is 0 Å². The molecule has 28 heavy (non-hydrogen) atoms. The molecule has 0 saturated heterocycles. The number of hydrogen-bond donors (Lipinski definition) is 2. The normalized spacial score (nSPS) is 18.7. The van der Waals surface area contributed by atoms with Crippen molar-refractivity contribution < 1.29 is 0 Å². The number of aryl methyl sites for hydroxylation is 1. The van der Waals surface area contributed by atoms with Crippen LogP contribution in [0, 0.1) is 0 Å². The van der Waals surface area contributed by atoms with Crippen molar-refractivity contribution in [2.45, 2.75) is 70.4 Å². The number of nitrogens with one attached hydrogen (secondary N) is 2. The van der Waals surface area contributed by atoms with E-state index in [4.69, 9.17) is 4.99 Å². The second-order valence-corrected chi connectivity index (χ2v) is 8.04. The van der Waals surface area contributed by atoms with Crippen molar-refractivity contribution in [1.29, 1.82) is 0 Å². The maximum atomic E-state index is 4.82. The fourth-order valence-corrected chi connectivity index (χ4v) is 4.64. The SMILES string of the molecule is CCNC(=NCc1nnc2n1CCCC2)NCC1(c2ccccc2)CCCC1. The summed E-state index contributed by atoms with van der Waals surface area (Å²) in [5, 5.41) is 15.7. The van der Waals surface area contributed by atoms with Gasteiger partial charge < -0.3 is 15.2 Å². The number of aromatic nitrogens is 3. The Morgan fingerprint density at radius 3 is 2.68 bits per heavy atom. The zero-order chi connectivity index (χ0) is 19.2. The third kappa shape index (κ3) is 4.05. The maximum absolute atomic E-state index is 4.82. The second-order valence-electron chi connectivity index (χ2n) is 8.04. The van der Waals surface area contributed by atoms with E-state index in [0.717, 1.165) is 43.7 Å². The average Bonchev–Trinajstić information content (AvgIpc) is 3.39. The van der Waals surface area contributed by atoms with Crippen LogP contribution in [0.4, 0.5) is 0 Å². The van der Waals surface area contributed by atoms with Gasteiger partial charge >= 0.3 is 0 Å². The van der Waals surface area contributed by atoms with E-state index in [2.05, 4.69) is 62.7 Å². The van der Waals surface area contributed by atoms with Crippen molar-refractivity contribution in [2.75, 3.05) is 13.1 Å². The molecule has 2 N–H and O–H groups in total. The van der Waals surface area contributed by atoms with Crippen LogP contribution in [0.15, 0.2) is 35.3 Å². The van der Waals surface area contributed by atoms with Crippen LogP contribution < -0.4 is 10.6 Å². The zero-order valence-corrected chi connectivity index (χ0v) is 17.0. The van der Waals surface area contributed by atoms with Gasteiger partial charge in [0.1, 0.15) is 12.4 Å². The lowest BCUT2D eigenvalue weighted by Gasteiger charge is -2.30. The second kappa shape index (κ2) is 8.76. The summed E-state index contributed by atoms with van der Waals surface area (Å²) in [4.78, 5) is 4.82. The van der Waals surface area contributed by atoms with E-state index >= 15 is 0 Å². The van der Waals surface area contributed by atoms with Crippen LogP contribution in [-0.2, 0) is 24.9 Å². The maximum Gasteiger partial charge on any atom is 0.191 e. The van der Waals surface area contributed by atoms with Crippen molar-refractivity contribution in [3.63, 3.8) is 0 Å². The Bertz CT molecular complexity index is 789. The number of aliphatic imine (C=N–C) groups is 1. The van der Waals surface area contributed by atoms with Crippen LogP contribution in [0.3, 0.4) is 0 Å². The molecule has 6 heteroatoms. The molecular weight excluding hydrogens is 348 g/mol. The fraction of sp³-hybridized carbons (Fsp3) is 0.591. The lowest BCUT2D eigenvalue weighted by Crippen LogP contribution is -2.44. The van der Waals surface area contributed by atoms with Crippen molar-refractivity contribution in [2.24, 2.45) is 4.99 Å². The largest absolute Gasteiger partial charge is 0.357 e. The summed E-state index contributed by atoms with van der Waals surface area (Å²) in [6.45, 7) is 5.47. The molecule has 0 bridgehead atoms. The number of nitrogens with zero attached hydrogens (tertiary/aromatic N) is 4. The molecule has 1 saturated carbocycles. The Morgan fingerprint density at radius 2 is 1.89 bits per heavy atom. The smallest absolute Gasteiger partial charge is 0.191 e. The summed E-state index contributed by atoms with van der Waals surface area (Å²) in [6.07, 6.45) is 8.54. The minimum Gasteiger partial charge on any atom is -0.357 e. The summed E-state index contributed by atoms with van der Waals surface area (Å²) >= 11 is 0. The average molecular weight is 381 g/mol. The summed E-state index contributed by atoms with van der Waals surface area (Å²) in [7, 11) is 0. The van der Waals surface area contributed by atoms with Gasteiger partial charge in [0.15, 0.2) is 11.8 Å². The van der Waals surface area contributed by atoms with Gasteiger partial charge in [-0.15, -0.1) is 10.2 Å². The monoisotopic (exact) mass is 380 g/mol. The van der Waals surface area contributed by atoms with Crippen LogP contribution in [0.2, 0.25) is 0 Å². The Balaban J connectivity index is 1.46. The van der Waals surface area contributed by atoms with Gasteiger partial charge in [-0.1, -0.05) is 43.2 Å².